The fourth-order valence-corrected chi connectivity index (χ4v) is 6.57. The Balaban J connectivity index is 1.34. The summed E-state index contributed by atoms with van der Waals surface area (Å²) in [7, 11) is -3.57. The van der Waals surface area contributed by atoms with Crippen molar-refractivity contribution in [2.24, 2.45) is 0 Å². The first-order valence-electron chi connectivity index (χ1n) is 13.4. The summed E-state index contributed by atoms with van der Waals surface area (Å²) < 4.78 is 96.6. The molecule has 1 saturated carbocycles. The van der Waals surface area contributed by atoms with Crippen molar-refractivity contribution in [1.29, 1.82) is 0 Å². The van der Waals surface area contributed by atoms with E-state index in [4.69, 9.17) is 27.7 Å². The van der Waals surface area contributed by atoms with Crippen molar-refractivity contribution in [1.82, 2.24) is 10.1 Å². The molecule has 1 fully saturated rings. The van der Waals surface area contributed by atoms with Gasteiger partial charge in [0.15, 0.2) is 27.3 Å². The molecule has 238 valence electrons. The molecular formula is C29H23Cl2F5N4O4S. The number of hydrogen-bond donors (Lipinski definition) is 1. The van der Waals surface area contributed by atoms with Crippen LogP contribution in [0.15, 0.2) is 64.0 Å². The van der Waals surface area contributed by atoms with Gasteiger partial charge in [0.1, 0.15) is 6.54 Å². The molecule has 5 rings (SSSR count). The molecule has 1 amide bonds. The van der Waals surface area contributed by atoms with Gasteiger partial charge in [-0.1, -0.05) is 35.3 Å². The minimum Gasteiger partial charge on any atom is -0.353 e. The molecule has 4 aromatic rings. The molecule has 1 aliphatic carbocycles. The third-order valence-electron chi connectivity index (χ3n) is 7.22. The number of sulfone groups is 1. The Morgan fingerprint density at radius 3 is 2.22 bits per heavy atom. The Morgan fingerprint density at radius 1 is 1.02 bits per heavy atom. The third kappa shape index (κ3) is 7.07. The molecule has 0 radical (unpaired) electrons. The van der Waals surface area contributed by atoms with Crippen LogP contribution in [0.4, 0.5) is 33.3 Å². The lowest BCUT2D eigenvalue weighted by atomic mass is 9.94. The van der Waals surface area contributed by atoms with Crippen LogP contribution >= 0.6 is 23.2 Å². The van der Waals surface area contributed by atoms with Crippen molar-refractivity contribution in [3.8, 4) is 11.5 Å². The van der Waals surface area contributed by atoms with Gasteiger partial charge in [0.2, 0.25) is 5.91 Å². The average Bonchev–Trinajstić information content (AvgIpc) is 3.59. The van der Waals surface area contributed by atoms with E-state index in [9.17, 15) is 35.2 Å². The number of aromatic nitrogens is 2. The number of halogens is 7. The lowest BCUT2D eigenvalue weighted by Gasteiger charge is -2.26. The minimum atomic E-state index is -4.67. The smallest absolute Gasteiger partial charge is 0.353 e. The van der Waals surface area contributed by atoms with Gasteiger partial charge >= 0.3 is 6.18 Å². The van der Waals surface area contributed by atoms with Crippen LogP contribution < -0.4 is 10.2 Å². The van der Waals surface area contributed by atoms with Gasteiger partial charge < -0.3 is 14.7 Å². The van der Waals surface area contributed by atoms with Crippen molar-refractivity contribution in [2.75, 3.05) is 29.1 Å². The summed E-state index contributed by atoms with van der Waals surface area (Å²) in [4.78, 5) is 17.9. The summed E-state index contributed by atoms with van der Waals surface area (Å²) in [6.07, 6.45) is -3.61. The predicted molar refractivity (Wildman–Crippen MR) is 157 cm³/mol. The zero-order chi connectivity index (χ0) is 32.7. The lowest BCUT2D eigenvalue weighted by molar-refractivity contribution is -0.122. The Kier molecular flexibility index (Phi) is 8.86. The molecular weight excluding hydrogens is 666 g/mol. The summed E-state index contributed by atoms with van der Waals surface area (Å²) in [5.74, 6) is -2.95. The van der Waals surface area contributed by atoms with Crippen LogP contribution in [0.1, 0.15) is 31.2 Å². The maximum atomic E-state index is 13.7. The van der Waals surface area contributed by atoms with E-state index in [1.165, 1.54) is 49.4 Å². The SMILES string of the molecule is CCS(=O)(=O)c1ccc(N(CC(=O)Nc2cc(Cl)c(C3(c4noc(-c5ccc(F)c(F)c5)n4)CC3)c(Cl)c2)CC(F)(F)F)cc1. The standard InChI is InChI=1S/C29H23Cl2F5N4O4S/c1-2-45(42,43)19-6-4-18(5-7-19)40(15-29(34,35)36)14-24(41)37-17-12-20(30)25(21(31)13-17)28(9-10-28)27-38-26(44-39-27)16-3-8-22(32)23(33)11-16/h3-8,11-13H,2,9-10,14-15H2,1H3,(H,37,41). The van der Waals surface area contributed by atoms with Gasteiger partial charge in [0.25, 0.3) is 5.89 Å². The van der Waals surface area contributed by atoms with Gasteiger partial charge in [-0.05, 0) is 67.4 Å². The highest BCUT2D eigenvalue weighted by molar-refractivity contribution is 7.91. The largest absolute Gasteiger partial charge is 0.405 e. The number of amides is 1. The second-order valence-corrected chi connectivity index (χ2v) is 13.5. The average molecular weight is 689 g/mol. The quantitative estimate of drug-likeness (QED) is 0.176. The molecule has 8 nitrogen and oxygen atoms in total. The fourth-order valence-electron chi connectivity index (χ4n) is 4.84. The van der Waals surface area contributed by atoms with Crippen LogP contribution in [-0.4, -0.2) is 49.5 Å². The molecule has 45 heavy (non-hydrogen) atoms. The molecule has 16 heteroatoms. The van der Waals surface area contributed by atoms with Crippen molar-refractivity contribution in [3.63, 3.8) is 0 Å². The van der Waals surface area contributed by atoms with Gasteiger partial charge in [-0.2, -0.15) is 18.2 Å². The maximum Gasteiger partial charge on any atom is 0.405 e. The third-order valence-corrected chi connectivity index (χ3v) is 9.57. The molecule has 0 aliphatic heterocycles. The molecule has 0 unspecified atom stereocenters. The Hall–Kier alpha value is -3.75. The van der Waals surface area contributed by atoms with Crippen LogP contribution in [0.5, 0.6) is 0 Å². The molecule has 0 atom stereocenters. The number of nitrogens with zero attached hydrogens (tertiary/aromatic N) is 3. The molecule has 0 bridgehead atoms. The maximum absolute atomic E-state index is 13.7. The summed E-state index contributed by atoms with van der Waals surface area (Å²) in [5.41, 5.74) is -0.149. The van der Waals surface area contributed by atoms with Crippen molar-refractivity contribution >= 4 is 50.3 Å². The fraction of sp³-hybridized carbons (Fsp3) is 0.276. The molecule has 3 aromatic carbocycles. The number of benzene rings is 3. The second-order valence-electron chi connectivity index (χ2n) is 10.4. The summed E-state index contributed by atoms with van der Waals surface area (Å²) >= 11 is 13.2. The second kappa shape index (κ2) is 12.2. The number of nitrogens with one attached hydrogen (secondary N) is 1. The molecule has 1 aromatic heterocycles. The van der Waals surface area contributed by atoms with Gasteiger partial charge in [0.05, 0.1) is 22.6 Å². The van der Waals surface area contributed by atoms with Crippen molar-refractivity contribution in [3.05, 3.63) is 87.7 Å². The Morgan fingerprint density at radius 2 is 1.67 bits per heavy atom. The minimum absolute atomic E-state index is 0.0116. The lowest BCUT2D eigenvalue weighted by Crippen LogP contribution is -2.39. The van der Waals surface area contributed by atoms with E-state index in [2.05, 4.69) is 15.5 Å². The number of anilines is 2. The van der Waals surface area contributed by atoms with Gasteiger partial charge in [-0.15, -0.1) is 0 Å². The molecule has 0 spiro atoms. The molecule has 1 aliphatic rings. The first kappa shape index (κ1) is 32.6. The predicted octanol–water partition coefficient (Wildman–Crippen LogP) is 7.20. The van der Waals surface area contributed by atoms with Crippen LogP contribution in [0.2, 0.25) is 10.0 Å². The first-order valence-corrected chi connectivity index (χ1v) is 15.8. The monoisotopic (exact) mass is 688 g/mol. The van der Waals surface area contributed by atoms with E-state index in [-0.39, 0.29) is 49.3 Å². The van der Waals surface area contributed by atoms with Gasteiger partial charge in [-0.3, -0.25) is 4.79 Å². The summed E-state index contributed by atoms with van der Waals surface area (Å²) in [6.45, 7) is -0.754. The van der Waals surface area contributed by atoms with E-state index in [1.54, 1.807) is 0 Å². The number of rotatable bonds is 10. The van der Waals surface area contributed by atoms with E-state index >= 15 is 0 Å². The topological polar surface area (TPSA) is 105 Å². The van der Waals surface area contributed by atoms with Crippen molar-refractivity contribution < 1.29 is 39.7 Å². The van der Waals surface area contributed by atoms with Crippen molar-refractivity contribution in [2.45, 2.75) is 36.3 Å². The Labute approximate surface area is 264 Å². The first-order chi connectivity index (χ1) is 21.1. The highest BCUT2D eigenvalue weighted by atomic mass is 35.5. The zero-order valence-corrected chi connectivity index (χ0v) is 25.6. The highest BCUT2D eigenvalue weighted by Crippen LogP contribution is 2.57. The van der Waals surface area contributed by atoms with Crippen LogP contribution in [0, 0.1) is 11.6 Å². The number of carbonyl (C=O) groups excluding carboxylic acids is 1. The van der Waals surface area contributed by atoms with Gasteiger partial charge in [-0.25, -0.2) is 17.2 Å². The van der Waals surface area contributed by atoms with E-state index in [0.717, 1.165) is 17.0 Å². The molecule has 0 saturated heterocycles. The van der Waals surface area contributed by atoms with Gasteiger partial charge in [0, 0.05) is 32.5 Å². The summed E-state index contributed by atoms with van der Waals surface area (Å²) in [5, 5.41) is 6.74. The van der Waals surface area contributed by atoms with Crippen LogP contribution in [-0.2, 0) is 20.0 Å². The number of carbonyl (C=O) groups is 1. The normalized spacial score (nSPS) is 14.3. The van der Waals surface area contributed by atoms with E-state index in [0.29, 0.717) is 18.4 Å². The van der Waals surface area contributed by atoms with Crippen LogP contribution in [0.25, 0.3) is 11.5 Å². The number of alkyl halides is 3. The molecule has 1 N–H and O–H groups in total. The Bertz CT molecular complexity index is 1840. The number of hydrogen-bond acceptors (Lipinski definition) is 7. The summed E-state index contributed by atoms with van der Waals surface area (Å²) in [6, 6.07) is 10.7. The van der Waals surface area contributed by atoms with E-state index in [1.807, 2.05) is 0 Å². The van der Waals surface area contributed by atoms with Crippen LogP contribution in [0.3, 0.4) is 0 Å². The van der Waals surface area contributed by atoms with E-state index < -0.39 is 52.1 Å². The zero-order valence-electron chi connectivity index (χ0n) is 23.3. The molecule has 1 heterocycles. The highest BCUT2D eigenvalue weighted by Gasteiger charge is 2.52.